The number of nitrogens with zero attached hydrogens (tertiary/aromatic N) is 1. The Hall–Kier alpha value is -0.580. The molecule has 1 atom stereocenters. The van der Waals surface area contributed by atoms with Gasteiger partial charge in [-0.1, -0.05) is 32.4 Å². The van der Waals surface area contributed by atoms with Gasteiger partial charge in [-0.25, -0.2) is 0 Å². The fourth-order valence-electron chi connectivity index (χ4n) is 1.33. The lowest BCUT2D eigenvalue weighted by atomic mass is 9.88. The Balaban J connectivity index is 3.19. The number of aliphatic hydroxyl groups excluding tert-OH is 1. The van der Waals surface area contributed by atoms with E-state index in [1.807, 2.05) is 20.8 Å². The number of H-pyrrole nitrogens is 1. The number of aromatic nitrogens is 2. The van der Waals surface area contributed by atoms with Gasteiger partial charge in [-0.15, -0.1) is 0 Å². The molecule has 4 nitrogen and oxygen atoms in total. The summed E-state index contributed by atoms with van der Waals surface area (Å²) in [6.45, 7) is 5.96. The summed E-state index contributed by atoms with van der Waals surface area (Å²) >= 11 is 5.89. The second-order valence-electron chi connectivity index (χ2n) is 4.34. The molecule has 1 heterocycles. The molecule has 0 aliphatic rings. The van der Waals surface area contributed by atoms with Crippen LogP contribution in [0.2, 0.25) is 5.15 Å². The van der Waals surface area contributed by atoms with Crippen molar-refractivity contribution in [2.75, 3.05) is 6.61 Å². The van der Waals surface area contributed by atoms with Gasteiger partial charge in [0, 0.05) is 16.7 Å². The molecule has 1 unspecified atom stereocenters. The van der Waals surface area contributed by atoms with E-state index in [2.05, 4.69) is 10.2 Å². The van der Waals surface area contributed by atoms with Crippen molar-refractivity contribution < 1.29 is 5.11 Å². The number of rotatable bonds is 2. The van der Waals surface area contributed by atoms with Gasteiger partial charge < -0.3 is 10.8 Å². The second-order valence-corrected chi connectivity index (χ2v) is 4.70. The molecule has 1 aromatic rings. The van der Waals surface area contributed by atoms with Crippen molar-refractivity contribution in [2.45, 2.75) is 32.2 Å². The predicted molar refractivity (Wildman–Crippen MR) is 56.3 cm³/mol. The SMILES string of the molecule is CC(C)(C)c1[nH]nc(Cl)c1C(N)CO. The number of aromatic amines is 1. The normalized spacial score (nSPS) is 14.4. The molecule has 14 heavy (non-hydrogen) atoms. The van der Waals surface area contributed by atoms with Crippen LogP contribution in [0.3, 0.4) is 0 Å². The van der Waals surface area contributed by atoms with Crippen LogP contribution < -0.4 is 5.73 Å². The van der Waals surface area contributed by atoms with Crippen LogP contribution in [0.25, 0.3) is 0 Å². The Kier molecular flexibility index (Phi) is 3.19. The topological polar surface area (TPSA) is 74.9 Å². The summed E-state index contributed by atoms with van der Waals surface area (Å²) in [5, 5.41) is 16.1. The number of aliphatic hydroxyl groups is 1. The van der Waals surface area contributed by atoms with E-state index in [-0.39, 0.29) is 12.0 Å². The molecule has 0 aliphatic carbocycles. The first-order chi connectivity index (χ1) is 6.38. The van der Waals surface area contributed by atoms with E-state index in [0.717, 1.165) is 5.69 Å². The van der Waals surface area contributed by atoms with Crippen molar-refractivity contribution in [3.63, 3.8) is 0 Å². The van der Waals surface area contributed by atoms with Gasteiger partial charge in [0.2, 0.25) is 0 Å². The zero-order valence-electron chi connectivity index (χ0n) is 8.63. The van der Waals surface area contributed by atoms with Crippen LogP contribution in [-0.2, 0) is 5.41 Å². The van der Waals surface area contributed by atoms with Crippen molar-refractivity contribution in [2.24, 2.45) is 5.73 Å². The molecule has 0 saturated heterocycles. The number of halogens is 1. The third-order valence-electron chi connectivity index (χ3n) is 2.07. The molecule has 80 valence electrons. The fourth-order valence-corrected chi connectivity index (χ4v) is 1.61. The molecule has 0 bridgehead atoms. The third kappa shape index (κ3) is 2.08. The van der Waals surface area contributed by atoms with Crippen LogP contribution in [0.5, 0.6) is 0 Å². The summed E-state index contributed by atoms with van der Waals surface area (Å²) in [5.41, 5.74) is 7.22. The van der Waals surface area contributed by atoms with Gasteiger partial charge in [0.25, 0.3) is 0 Å². The van der Waals surface area contributed by atoms with Crippen molar-refractivity contribution in [1.82, 2.24) is 10.2 Å². The lowest BCUT2D eigenvalue weighted by Gasteiger charge is -2.20. The number of nitrogens with one attached hydrogen (secondary N) is 1. The standard InChI is InChI=1S/C9H16ClN3O/c1-9(2,3)7-6(5(11)4-14)8(10)13-12-7/h5,14H,4,11H2,1-3H3,(H,12,13). The van der Waals surface area contributed by atoms with Crippen LogP contribution in [0.15, 0.2) is 0 Å². The molecule has 5 heteroatoms. The highest BCUT2D eigenvalue weighted by atomic mass is 35.5. The zero-order valence-corrected chi connectivity index (χ0v) is 9.39. The first kappa shape index (κ1) is 11.5. The second kappa shape index (κ2) is 3.88. The van der Waals surface area contributed by atoms with Crippen LogP contribution in [-0.4, -0.2) is 21.9 Å². The van der Waals surface area contributed by atoms with Gasteiger partial charge in [0.15, 0.2) is 5.15 Å². The maximum Gasteiger partial charge on any atom is 0.155 e. The largest absolute Gasteiger partial charge is 0.394 e. The fraction of sp³-hybridized carbons (Fsp3) is 0.667. The molecule has 1 aromatic heterocycles. The Bertz CT molecular complexity index is 316. The molecular formula is C9H16ClN3O. The van der Waals surface area contributed by atoms with Gasteiger partial charge in [0.05, 0.1) is 12.6 Å². The molecule has 0 spiro atoms. The van der Waals surface area contributed by atoms with E-state index in [1.165, 1.54) is 0 Å². The minimum Gasteiger partial charge on any atom is -0.394 e. The van der Waals surface area contributed by atoms with E-state index in [1.54, 1.807) is 0 Å². The lowest BCUT2D eigenvalue weighted by molar-refractivity contribution is 0.266. The highest BCUT2D eigenvalue weighted by molar-refractivity contribution is 6.30. The van der Waals surface area contributed by atoms with Gasteiger partial charge in [-0.3, -0.25) is 5.10 Å². The van der Waals surface area contributed by atoms with Crippen molar-refractivity contribution in [3.05, 3.63) is 16.4 Å². The van der Waals surface area contributed by atoms with Crippen molar-refractivity contribution in [1.29, 1.82) is 0 Å². The highest BCUT2D eigenvalue weighted by Gasteiger charge is 2.26. The van der Waals surface area contributed by atoms with E-state index in [9.17, 15) is 0 Å². The highest BCUT2D eigenvalue weighted by Crippen LogP contribution is 2.31. The minimum absolute atomic E-state index is 0.109. The molecule has 0 radical (unpaired) electrons. The van der Waals surface area contributed by atoms with Crippen molar-refractivity contribution >= 4 is 11.6 Å². The third-order valence-corrected chi connectivity index (χ3v) is 2.36. The minimum atomic E-state index is -0.476. The number of nitrogens with two attached hydrogens (primary N) is 1. The maximum atomic E-state index is 9.00. The first-order valence-electron chi connectivity index (χ1n) is 4.48. The predicted octanol–water partition coefficient (Wildman–Crippen LogP) is 1.35. The van der Waals surface area contributed by atoms with Gasteiger partial charge in [0.1, 0.15) is 0 Å². The van der Waals surface area contributed by atoms with E-state index in [4.69, 9.17) is 22.4 Å². The van der Waals surface area contributed by atoms with Gasteiger partial charge >= 0.3 is 0 Å². The zero-order chi connectivity index (χ0) is 10.9. The molecule has 0 saturated carbocycles. The number of hydrogen-bond acceptors (Lipinski definition) is 3. The average Bonchev–Trinajstić information content (AvgIpc) is 2.45. The van der Waals surface area contributed by atoms with E-state index < -0.39 is 6.04 Å². The van der Waals surface area contributed by atoms with Crippen LogP contribution in [0, 0.1) is 0 Å². The maximum absolute atomic E-state index is 9.00. The molecule has 0 aromatic carbocycles. The van der Waals surface area contributed by atoms with Crippen molar-refractivity contribution in [3.8, 4) is 0 Å². The smallest absolute Gasteiger partial charge is 0.155 e. The molecule has 0 fully saturated rings. The molecule has 0 amide bonds. The Labute approximate surface area is 88.5 Å². The van der Waals surface area contributed by atoms with E-state index >= 15 is 0 Å². The van der Waals surface area contributed by atoms with Gasteiger partial charge in [-0.05, 0) is 0 Å². The Morgan fingerprint density at radius 2 is 2.14 bits per heavy atom. The average molecular weight is 218 g/mol. The van der Waals surface area contributed by atoms with Crippen LogP contribution in [0.1, 0.15) is 38.1 Å². The van der Waals surface area contributed by atoms with Gasteiger partial charge in [-0.2, -0.15) is 5.10 Å². The molecule has 1 rings (SSSR count). The Morgan fingerprint density at radius 3 is 2.57 bits per heavy atom. The summed E-state index contributed by atoms with van der Waals surface area (Å²) < 4.78 is 0. The monoisotopic (exact) mass is 217 g/mol. The van der Waals surface area contributed by atoms with Crippen LogP contribution in [0.4, 0.5) is 0 Å². The molecule has 0 aliphatic heterocycles. The number of hydrogen-bond donors (Lipinski definition) is 3. The molecular weight excluding hydrogens is 202 g/mol. The summed E-state index contributed by atoms with van der Waals surface area (Å²) in [6, 6.07) is -0.476. The summed E-state index contributed by atoms with van der Waals surface area (Å²) in [7, 11) is 0. The van der Waals surface area contributed by atoms with E-state index in [0.29, 0.717) is 10.7 Å². The quantitative estimate of drug-likeness (QED) is 0.700. The summed E-state index contributed by atoms with van der Waals surface area (Å²) in [6.07, 6.45) is 0. The van der Waals surface area contributed by atoms with Crippen LogP contribution >= 0.6 is 11.6 Å². The molecule has 4 N–H and O–H groups in total. The summed E-state index contributed by atoms with van der Waals surface area (Å²) in [4.78, 5) is 0. The lowest BCUT2D eigenvalue weighted by Crippen LogP contribution is -2.21. The first-order valence-corrected chi connectivity index (χ1v) is 4.86. The Morgan fingerprint density at radius 1 is 1.57 bits per heavy atom. The summed E-state index contributed by atoms with van der Waals surface area (Å²) in [5.74, 6) is 0.